The zero-order chi connectivity index (χ0) is 16.4. The maximum Gasteiger partial charge on any atom is 0.152 e. The fourth-order valence-electron chi connectivity index (χ4n) is 3.25. The first-order valence-corrected chi connectivity index (χ1v) is 8.22. The van der Waals surface area contributed by atoms with Crippen LogP contribution >= 0.6 is 0 Å². The summed E-state index contributed by atoms with van der Waals surface area (Å²) >= 11 is 0. The van der Waals surface area contributed by atoms with Crippen molar-refractivity contribution in [3.63, 3.8) is 0 Å². The molecule has 24 heavy (non-hydrogen) atoms. The molecule has 1 aromatic carbocycles. The molecule has 1 atom stereocenters. The molecule has 0 amide bonds. The highest BCUT2D eigenvalue weighted by Crippen LogP contribution is 2.33. The average molecular weight is 324 g/mol. The van der Waals surface area contributed by atoms with Crippen LogP contribution in [0.2, 0.25) is 0 Å². The van der Waals surface area contributed by atoms with Gasteiger partial charge in [-0.2, -0.15) is 0 Å². The summed E-state index contributed by atoms with van der Waals surface area (Å²) in [7, 11) is 1.87. The fraction of sp³-hybridized carbons (Fsp3) is 0.412. The Labute approximate surface area is 140 Å². The molecule has 7 heteroatoms. The second-order valence-electron chi connectivity index (χ2n) is 6.07. The van der Waals surface area contributed by atoms with E-state index >= 15 is 0 Å². The van der Waals surface area contributed by atoms with Gasteiger partial charge in [-0.3, -0.25) is 0 Å². The number of hydrogen-bond donors (Lipinski definition) is 0. The van der Waals surface area contributed by atoms with Crippen molar-refractivity contribution in [2.45, 2.75) is 25.3 Å². The molecule has 1 aliphatic rings. The molecule has 0 spiro atoms. The van der Waals surface area contributed by atoms with Crippen LogP contribution in [0, 0.1) is 0 Å². The molecule has 1 unspecified atom stereocenters. The van der Waals surface area contributed by atoms with Gasteiger partial charge in [-0.15, -0.1) is 5.10 Å². The van der Waals surface area contributed by atoms with Gasteiger partial charge in [0, 0.05) is 38.1 Å². The van der Waals surface area contributed by atoms with Crippen LogP contribution in [0.15, 0.2) is 36.7 Å². The number of hydrogen-bond acceptors (Lipinski definition) is 5. The summed E-state index contributed by atoms with van der Waals surface area (Å²) in [4.78, 5) is 4.70. The van der Waals surface area contributed by atoms with Crippen molar-refractivity contribution < 1.29 is 4.74 Å². The molecule has 3 heterocycles. The first-order chi connectivity index (χ1) is 11.8. The SMILES string of the molecule is Cn1nnnc1CCn1cnc(-c2ccccc2)c1C1CCOC1. The van der Waals surface area contributed by atoms with Gasteiger partial charge in [-0.1, -0.05) is 30.3 Å². The van der Waals surface area contributed by atoms with Gasteiger partial charge in [0.2, 0.25) is 0 Å². The number of aromatic nitrogens is 6. The van der Waals surface area contributed by atoms with Crippen molar-refractivity contribution in [1.29, 1.82) is 0 Å². The lowest BCUT2D eigenvalue weighted by atomic mass is 9.99. The molecule has 0 N–H and O–H groups in total. The predicted octanol–water partition coefficient (Wildman–Crippen LogP) is 1.82. The van der Waals surface area contributed by atoms with Crippen molar-refractivity contribution in [2.24, 2.45) is 7.05 Å². The van der Waals surface area contributed by atoms with Crippen LogP contribution in [0.25, 0.3) is 11.3 Å². The summed E-state index contributed by atoms with van der Waals surface area (Å²) in [6.45, 7) is 2.38. The number of rotatable bonds is 5. The monoisotopic (exact) mass is 324 g/mol. The molecule has 2 aromatic heterocycles. The van der Waals surface area contributed by atoms with E-state index in [1.165, 1.54) is 5.69 Å². The van der Waals surface area contributed by atoms with Gasteiger partial charge < -0.3 is 9.30 Å². The van der Waals surface area contributed by atoms with Crippen molar-refractivity contribution in [3.05, 3.63) is 48.2 Å². The summed E-state index contributed by atoms with van der Waals surface area (Å²) < 4.78 is 9.57. The van der Waals surface area contributed by atoms with E-state index in [4.69, 9.17) is 9.72 Å². The van der Waals surface area contributed by atoms with E-state index in [0.717, 1.165) is 49.7 Å². The number of aryl methyl sites for hydroxylation is 3. The highest BCUT2D eigenvalue weighted by Gasteiger charge is 2.26. The van der Waals surface area contributed by atoms with E-state index in [9.17, 15) is 0 Å². The second-order valence-corrected chi connectivity index (χ2v) is 6.07. The summed E-state index contributed by atoms with van der Waals surface area (Å²) in [6.07, 6.45) is 3.74. The molecule has 1 fully saturated rings. The molecular formula is C17H20N6O. The first-order valence-electron chi connectivity index (χ1n) is 8.22. The minimum absolute atomic E-state index is 0.389. The molecule has 1 aliphatic heterocycles. The Balaban J connectivity index is 1.66. The number of benzene rings is 1. The van der Waals surface area contributed by atoms with Gasteiger partial charge >= 0.3 is 0 Å². The van der Waals surface area contributed by atoms with Gasteiger partial charge in [-0.25, -0.2) is 9.67 Å². The van der Waals surface area contributed by atoms with Gasteiger partial charge in [-0.05, 0) is 16.8 Å². The van der Waals surface area contributed by atoms with E-state index in [0.29, 0.717) is 5.92 Å². The average Bonchev–Trinajstić information content (AvgIpc) is 3.34. The predicted molar refractivity (Wildman–Crippen MR) is 88.3 cm³/mol. The highest BCUT2D eigenvalue weighted by molar-refractivity contribution is 5.62. The number of nitrogens with zero attached hydrogens (tertiary/aromatic N) is 6. The Morgan fingerprint density at radius 1 is 1.25 bits per heavy atom. The van der Waals surface area contributed by atoms with Crippen LogP contribution in [0.4, 0.5) is 0 Å². The number of ether oxygens (including phenoxy) is 1. The van der Waals surface area contributed by atoms with Crippen LogP contribution in [0.5, 0.6) is 0 Å². The minimum atomic E-state index is 0.389. The summed E-state index contributed by atoms with van der Waals surface area (Å²) in [6, 6.07) is 10.3. The van der Waals surface area contributed by atoms with E-state index in [-0.39, 0.29) is 0 Å². The third kappa shape index (κ3) is 2.82. The lowest BCUT2D eigenvalue weighted by Crippen LogP contribution is -2.12. The van der Waals surface area contributed by atoms with E-state index in [2.05, 4.69) is 44.4 Å². The Kier molecular flexibility index (Phi) is 4.08. The molecule has 0 radical (unpaired) electrons. The standard InChI is InChI=1S/C17H20N6O/c1-22-15(19-20-21-22)7-9-23-12-18-16(13-5-3-2-4-6-13)17(23)14-8-10-24-11-14/h2-6,12,14H,7-11H2,1H3. The van der Waals surface area contributed by atoms with E-state index in [1.807, 2.05) is 19.4 Å². The van der Waals surface area contributed by atoms with Gasteiger partial charge in [0.1, 0.15) is 0 Å². The Bertz CT molecular complexity index is 804. The lowest BCUT2D eigenvalue weighted by molar-refractivity contribution is 0.193. The molecule has 1 saturated heterocycles. The molecule has 7 nitrogen and oxygen atoms in total. The summed E-state index contributed by atoms with van der Waals surface area (Å²) in [5.41, 5.74) is 3.47. The van der Waals surface area contributed by atoms with Crippen molar-refractivity contribution in [1.82, 2.24) is 29.8 Å². The quantitative estimate of drug-likeness (QED) is 0.716. The summed E-state index contributed by atoms with van der Waals surface area (Å²) in [5.74, 6) is 1.26. The Hall–Kier alpha value is -2.54. The number of tetrazole rings is 1. The molecule has 4 rings (SSSR count). The van der Waals surface area contributed by atoms with Crippen LogP contribution in [0.3, 0.4) is 0 Å². The van der Waals surface area contributed by atoms with Crippen molar-refractivity contribution >= 4 is 0 Å². The molecule has 124 valence electrons. The second kappa shape index (κ2) is 6.52. The smallest absolute Gasteiger partial charge is 0.152 e. The third-order valence-corrected chi connectivity index (χ3v) is 4.53. The van der Waals surface area contributed by atoms with E-state index in [1.54, 1.807) is 4.68 Å². The molecule has 3 aromatic rings. The molecule has 0 saturated carbocycles. The zero-order valence-corrected chi connectivity index (χ0v) is 13.7. The van der Waals surface area contributed by atoms with Crippen LogP contribution in [0.1, 0.15) is 23.9 Å². The van der Waals surface area contributed by atoms with E-state index < -0.39 is 0 Å². The van der Waals surface area contributed by atoms with Crippen molar-refractivity contribution in [3.8, 4) is 11.3 Å². The molecule has 0 bridgehead atoms. The highest BCUT2D eigenvalue weighted by atomic mass is 16.5. The van der Waals surface area contributed by atoms with Crippen LogP contribution < -0.4 is 0 Å². The van der Waals surface area contributed by atoms with Gasteiger partial charge in [0.15, 0.2) is 5.82 Å². The maximum absolute atomic E-state index is 5.62. The summed E-state index contributed by atoms with van der Waals surface area (Å²) in [5, 5.41) is 11.7. The Morgan fingerprint density at radius 3 is 2.83 bits per heavy atom. The minimum Gasteiger partial charge on any atom is -0.381 e. The number of imidazole rings is 1. The van der Waals surface area contributed by atoms with Crippen molar-refractivity contribution in [2.75, 3.05) is 13.2 Å². The fourth-order valence-corrected chi connectivity index (χ4v) is 3.25. The first kappa shape index (κ1) is 15.0. The van der Waals surface area contributed by atoms with Crippen LogP contribution in [-0.4, -0.2) is 43.0 Å². The topological polar surface area (TPSA) is 70.7 Å². The van der Waals surface area contributed by atoms with Gasteiger partial charge in [0.05, 0.1) is 24.3 Å². The third-order valence-electron chi connectivity index (χ3n) is 4.53. The molecular weight excluding hydrogens is 304 g/mol. The van der Waals surface area contributed by atoms with Gasteiger partial charge in [0.25, 0.3) is 0 Å². The maximum atomic E-state index is 5.62. The largest absolute Gasteiger partial charge is 0.381 e. The van der Waals surface area contributed by atoms with Crippen LogP contribution in [-0.2, 0) is 24.8 Å². The molecule has 0 aliphatic carbocycles. The lowest BCUT2D eigenvalue weighted by Gasteiger charge is -2.14. The normalized spacial score (nSPS) is 17.5. The zero-order valence-electron chi connectivity index (χ0n) is 13.7. The Morgan fingerprint density at radius 2 is 2.12 bits per heavy atom.